The van der Waals surface area contributed by atoms with Crippen LogP contribution in [0.1, 0.15) is 15.9 Å². The number of halogens is 4. The molecule has 0 spiro atoms. The molecule has 1 aliphatic rings. The van der Waals surface area contributed by atoms with Gasteiger partial charge in [-0.05, 0) is 73.2 Å². The number of hydrogen-bond acceptors (Lipinski definition) is 5. The second kappa shape index (κ2) is 9.68. The molecule has 0 radical (unpaired) electrons. The van der Waals surface area contributed by atoms with Gasteiger partial charge in [0.15, 0.2) is 0 Å². The Hall–Kier alpha value is -3.03. The lowest BCUT2D eigenvalue weighted by Crippen LogP contribution is -2.32. The third kappa shape index (κ3) is 4.76. The summed E-state index contributed by atoms with van der Waals surface area (Å²) in [6.45, 7) is 1.73. The zero-order valence-corrected chi connectivity index (χ0v) is 20.4. The van der Waals surface area contributed by atoms with E-state index in [0.717, 1.165) is 4.90 Å². The van der Waals surface area contributed by atoms with E-state index in [1.54, 1.807) is 43.3 Å². The molecule has 34 heavy (non-hydrogen) atoms. The molecule has 0 unspecified atom stereocenters. The highest BCUT2D eigenvalue weighted by Crippen LogP contribution is 2.33. The number of carbonyl (C=O) groups is 3. The van der Waals surface area contributed by atoms with E-state index in [2.05, 4.69) is 5.32 Å². The van der Waals surface area contributed by atoms with Gasteiger partial charge in [-0.15, -0.1) is 0 Å². The van der Waals surface area contributed by atoms with Gasteiger partial charge < -0.3 is 10.1 Å². The van der Waals surface area contributed by atoms with Gasteiger partial charge in [-0.25, -0.2) is 9.69 Å². The van der Waals surface area contributed by atoms with Crippen molar-refractivity contribution < 1.29 is 19.1 Å². The highest BCUT2D eigenvalue weighted by molar-refractivity contribution is 6.53. The summed E-state index contributed by atoms with van der Waals surface area (Å²) in [7, 11) is 0. The molecule has 2 amide bonds. The Morgan fingerprint density at radius 1 is 0.853 bits per heavy atom. The predicted octanol–water partition coefficient (Wildman–Crippen LogP) is 6.61. The molecule has 1 N–H and O–H groups in total. The zero-order valence-electron chi connectivity index (χ0n) is 17.4. The Bertz CT molecular complexity index is 1370. The van der Waals surface area contributed by atoms with E-state index in [1.165, 1.54) is 24.3 Å². The molecule has 0 saturated heterocycles. The lowest BCUT2D eigenvalue weighted by molar-refractivity contribution is -0.120. The largest absolute Gasteiger partial charge is 0.421 e. The highest BCUT2D eigenvalue weighted by atomic mass is 35.5. The first-order valence-electron chi connectivity index (χ1n) is 9.74. The first-order valence-corrected chi connectivity index (χ1v) is 11.3. The molecule has 0 aromatic heterocycles. The molecular weight excluding hydrogens is 522 g/mol. The maximum atomic E-state index is 13.0. The summed E-state index contributed by atoms with van der Waals surface area (Å²) in [6, 6.07) is 15.4. The van der Waals surface area contributed by atoms with E-state index in [4.69, 9.17) is 51.1 Å². The van der Waals surface area contributed by atoms with Crippen molar-refractivity contribution in [3.63, 3.8) is 0 Å². The van der Waals surface area contributed by atoms with Gasteiger partial charge in [0.05, 0.1) is 16.3 Å². The number of nitrogens with one attached hydrogen (secondary N) is 1. The van der Waals surface area contributed by atoms with Crippen LogP contribution >= 0.6 is 46.4 Å². The molecule has 10 heteroatoms. The van der Waals surface area contributed by atoms with E-state index < -0.39 is 17.8 Å². The zero-order chi connectivity index (χ0) is 24.6. The van der Waals surface area contributed by atoms with Gasteiger partial charge in [-0.1, -0.05) is 46.4 Å². The SMILES string of the molecule is Cc1cc(Cl)ccc1N1C(=O)C(Cl)=C(Nc2ccc(C(=O)Oc3ccc(Cl)cc3Cl)cc2)C1=O. The summed E-state index contributed by atoms with van der Waals surface area (Å²) in [5.74, 6) is -1.73. The Kier molecular flexibility index (Phi) is 6.86. The Morgan fingerprint density at radius 2 is 1.50 bits per heavy atom. The number of benzene rings is 3. The number of aryl methyl sites for hydroxylation is 1. The summed E-state index contributed by atoms with van der Waals surface area (Å²) in [5.41, 5.74) is 1.62. The van der Waals surface area contributed by atoms with Crippen LogP contribution in [0.2, 0.25) is 15.1 Å². The molecule has 3 aromatic rings. The smallest absolute Gasteiger partial charge is 0.343 e. The number of imide groups is 1. The lowest BCUT2D eigenvalue weighted by Gasteiger charge is -2.17. The fourth-order valence-electron chi connectivity index (χ4n) is 3.25. The van der Waals surface area contributed by atoms with Gasteiger partial charge in [-0.3, -0.25) is 9.59 Å². The van der Waals surface area contributed by atoms with Crippen molar-refractivity contribution in [1.82, 2.24) is 0 Å². The number of hydrogen-bond donors (Lipinski definition) is 1. The van der Waals surface area contributed by atoms with E-state index in [0.29, 0.717) is 27.0 Å². The summed E-state index contributed by atoms with van der Waals surface area (Å²) < 4.78 is 5.30. The standard InChI is InChI=1S/C24H14Cl4N2O4/c1-12-10-14(25)4-8-18(12)30-22(31)20(28)21(23(30)32)29-16-6-2-13(3-7-16)24(33)34-19-9-5-15(26)11-17(19)27/h2-11,29H,1H3. The van der Waals surface area contributed by atoms with Crippen molar-refractivity contribution in [1.29, 1.82) is 0 Å². The van der Waals surface area contributed by atoms with Crippen molar-refractivity contribution in [3.8, 4) is 5.75 Å². The summed E-state index contributed by atoms with van der Waals surface area (Å²) in [5, 5.41) is 3.70. The molecule has 0 saturated carbocycles. The maximum Gasteiger partial charge on any atom is 0.343 e. The van der Waals surface area contributed by atoms with E-state index in [9.17, 15) is 14.4 Å². The molecule has 1 heterocycles. The number of rotatable bonds is 5. The number of esters is 1. The van der Waals surface area contributed by atoms with Crippen LogP contribution in [0.5, 0.6) is 5.75 Å². The average molecular weight is 536 g/mol. The van der Waals surface area contributed by atoms with E-state index in [-0.39, 0.29) is 27.1 Å². The van der Waals surface area contributed by atoms with Crippen molar-refractivity contribution in [2.24, 2.45) is 0 Å². The first-order chi connectivity index (χ1) is 16.2. The van der Waals surface area contributed by atoms with Crippen LogP contribution in [0.15, 0.2) is 71.4 Å². The topological polar surface area (TPSA) is 75.7 Å². The molecule has 0 fully saturated rings. The van der Waals surface area contributed by atoms with Crippen LogP contribution in [-0.4, -0.2) is 17.8 Å². The van der Waals surface area contributed by atoms with Crippen LogP contribution < -0.4 is 15.0 Å². The Labute approximate surface area is 214 Å². The van der Waals surface area contributed by atoms with Crippen LogP contribution in [0.4, 0.5) is 11.4 Å². The van der Waals surface area contributed by atoms with Crippen LogP contribution in [-0.2, 0) is 9.59 Å². The molecular formula is C24H14Cl4N2O4. The van der Waals surface area contributed by atoms with Gasteiger partial charge in [0.1, 0.15) is 16.5 Å². The van der Waals surface area contributed by atoms with Crippen molar-refractivity contribution in [2.75, 3.05) is 10.2 Å². The normalized spacial score (nSPS) is 13.5. The average Bonchev–Trinajstić information content (AvgIpc) is 2.99. The third-order valence-electron chi connectivity index (χ3n) is 4.91. The molecule has 0 aliphatic carbocycles. The lowest BCUT2D eigenvalue weighted by atomic mass is 10.2. The van der Waals surface area contributed by atoms with Gasteiger partial charge in [0, 0.05) is 15.7 Å². The van der Waals surface area contributed by atoms with Crippen molar-refractivity contribution in [3.05, 3.63) is 97.6 Å². The van der Waals surface area contributed by atoms with Crippen molar-refractivity contribution in [2.45, 2.75) is 6.92 Å². The van der Waals surface area contributed by atoms with Crippen molar-refractivity contribution >= 4 is 75.6 Å². The van der Waals surface area contributed by atoms with Crippen LogP contribution in [0.3, 0.4) is 0 Å². The van der Waals surface area contributed by atoms with Gasteiger partial charge in [-0.2, -0.15) is 0 Å². The van der Waals surface area contributed by atoms with Gasteiger partial charge in [0.25, 0.3) is 11.8 Å². The van der Waals surface area contributed by atoms with E-state index >= 15 is 0 Å². The molecule has 4 rings (SSSR count). The quantitative estimate of drug-likeness (QED) is 0.226. The number of amides is 2. The first kappa shape index (κ1) is 24.1. The maximum absolute atomic E-state index is 13.0. The third-order valence-corrected chi connectivity index (χ3v) is 6.03. The predicted molar refractivity (Wildman–Crippen MR) is 133 cm³/mol. The van der Waals surface area contributed by atoms with Crippen LogP contribution in [0.25, 0.3) is 0 Å². The minimum Gasteiger partial charge on any atom is -0.421 e. The molecule has 172 valence electrons. The minimum atomic E-state index is -0.653. The van der Waals surface area contributed by atoms with E-state index in [1.807, 2.05) is 0 Å². The fourth-order valence-corrected chi connectivity index (χ4v) is 4.14. The number of anilines is 2. The Morgan fingerprint density at radius 3 is 2.15 bits per heavy atom. The molecule has 1 aliphatic heterocycles. The summed E-state index contributed by atoms with van der Waals surface area (Å²) in [6.07, 6.45) is 0. The molecule has 6 nitrogen and oxygen atoms in total. The monoisotopic (exact) mass is 534 g/mol. The molecule has 3 aromatic carbocycles. The highest BCUT2D eigenvalue weighted by Gasteiger charge is 2.39. The summed E-state index contributed by atoms with van der Waals surface area (Å²) in [4.78, 5) is 39.1. The number of nitrogens with zero attached hydrogens (tertiary/aromatic N) is 1. The Balaban J connectivity index is 1.50. The summed E-state index contributed by atoms with van der Waals surface area (Å²) >= 11 is 24.0. The second-order valence-electron chi connectivity index (χ2n) is 7.23. The second-order valence-corrected chi connectivity index (χ2v) is 8.89. The number of ether oxygens (including phenoxy) is 1. The molecule has 0 atom stereocenters. The van der Waals surface area contributed by atoms with Gasteiger partial charge in [0.2, 0.25) is 0 Å². The number of carbonyl (C=O) groups excluding carboxylic acids is 3. The van der Waals surface area contributed by atoms with Gasteiger partial charge >= 0.3 is 5.97 Å². The van der Waals surface area contributed by atoms with Crippen LogP contribution in [0, 0.1) is 6.92 Å². The fraction of sp³-hybridized carbons (Fsp3) is 0.0417. The minimum absolute atomic E-state index is 0.0794. The molecule has 0 bridgehead atoms.